The van der Waals surface area contributed by atoms with Crippen LogP contribution in [0.2, 0.25) is 0 Å². The number of hydrogen-bond acceptors (Lipinski definition) is 6. The highest BCUT2D eigenvalue weighted by molar-refractivity contribution is 5.95. The molecule has 1 unspecified atom stereocenters. The maximum absolute atomic E-state index is 13.0. The lowest BCUT2D eigenvalue weighted by Crippen LogP contribution is -2.30. The molecule has 2 heterocycles. The van der Waals surface area contributed by atoms with E-state index >= 15 is 0 Å². The molecular formula is C21H16N6O3. The summed E-state index contributed by atoms with van der Waals surface area (Å²) >= 11 is 0. The number of benzene rings is 2. The topological polar surface area (TPSA) is 116 Å². The summed E-state index contributed by atoms with van der Waals surface area (Å²) in [6.45, 7) is 0. The Balaban J connectivity index is 1.68. The fourth-order valence-electron chi connectivity index (χ4n) is 3.07. The molecule has 0 fully saturated rings. The Kier molecular flexibility index (Phi) is 5.25. The van der Waals surface area contributed by atoms with Gasteiger partial charge in [0.25, 0.3) is 11.6 Å². The molecule has 148 valence electrons. The smallest absolute Gasteiger partial charge is 0.295 e. The molecule has 1 amide bonds. The van der Waals surface area contributed by atoms with E-state index in [0.717, 1.165) is 5.56 Å². The molecule has 4 aromatic rings. The zero-order valence-electron chi connectivity index (χ0n) is 15.6. The SMILES string of the molecule is O=C(NC(c1ccccc1)c1ccccn1)c1ccc(-n2cncn2)c([N+](=O)[O-])c1. The molecule has 2 aromatic heterocycles. The summed E-state index contributed by atoms with van der Waals surface area (Å²) in [6, 6.07) is 18.5. The van der Waals surface area contributed by atoms with Gasteiger partial charge in [-0.3, -0.25) is 19.9 Å². The average Bonchev–Trinajstić information content (AvgIpc) is 3.33. The number of carbonyl (C=O) groups excluding carboxylic acids is 1. The third-order valence-electron chi connectivity index (χ3n) is 4.49. The van der Waals surface area contributed by atoms with Gasteiger partial charge in [0.15, 0.2) is 0 Å². The first-order chi connectivity index (χ1) is 14.6. The van der Waals surface area contributed by atoms with Crippen LogP contribution in [-0.2, 0) is 0 Å². The predicted molar refractivity (Wildman–Crippen MR) is 108 cm³/mol. The Morgan fingerprint density at radius 3 is 2.53 bits per heavy atom. The van der Waals surface area contributed by atoms with Gasteiger partial charge in [0, 0.05) is 17.8 Å². The minimum absolute atomic E-state index is 0.155. The van der Waals surface area contributed by atoms with E-state index in [1.165, 1.54) is 35.5 Å². The Bertz CT molecular complexity index is 1120. The summed E-state index contributed by atoms with van der Waals surface area (Å²) in [5.74, 6) is -0.456. The van der Waals surface area contributed by atoms with E-state index < -0.39 is 16.9 Å². The molecule has 0 bridgehead atoms. The van der Waals surface area contributed by atoms with Crippen molar-refractivity contribution in [1.29, 1.82) is 0 Å². The van der Waals surface area contributed by atoms with Crippen LogP contribution in [0, 0.1) is 10.1 Å². The van der Waals surface area contributed by atoms with Crippen molar-refractivity contribution in [2.24, 2.45) is 0 Å². The highest BCUT2D eigenvalue weighted by atomic mass is 16.6. The van der Waals surface area contributed by atoms with Gasteiger partial charge >= 0.3 is 0 Å². The van der Waals surface area contributed by atoms with Crippen LogP contribution in [0.15, 0.2) is 85.6 Å². The van der Waals surface area contributed by atoms with Gasteiger partial charge in [0.05, 0.1) is 16.7 Å². The lowest BCUT2D eigenvalue weighted by atomic mass is 10.0. The van der Waals surface area contributed by atoms with Crippen molar-refractivity contribution in [2.75, 3.05) is 0 Å². The number of nitro groups is 1. The molecule has 0 saturated heterocycles. The zero-order valence-corrected chi connectivity index (χ0v) is 15.6. The molecule has 30 heavy (non-hydrogen) atoms. The molecule has 4 rings (SSSR count). The summed E-state index contributed by atoms with van der Waals surface area (Å²) in [5, 5.41) is 18.4. The number of carbonyl (C=O) groups is 1. The van der Waals surface area contributed by atoms with Crippen molar-refractivity contribution in [2.45, 2.75) is 6.04 Å². The molecule has 0 radical (unpaired) electrons. The number of aromatic nitrogens is 4. The quantitative estimate of drug-likeness (QED) is 0.393. The molecule has 0 aliphatic rings. The number of amides is 1. The van der Waals surface area contributed by atoms with Crippen LogP contribution in [0.25, 0.3) is 5.69 Å². The summed E-state index contributed by atoms with van der Waals surface area (Å²) in [6.07, 6.45) is 4.28. The fourth-order valence-corrected chi connectivity index (χ4v) is 3.07. The van der Waals surface area contributed by atoms with Gasteiger partial charge in [-0.1, -0.05) is 36.4 Å². The van der Waals surface area contributed by atoms with Crippen LogP contribution in [0.4, 0.5) is 5.69 Å². The number of nitrogens with one attached hydrogen (secondary N) is 1. The first kappa shape index (κ1) is 18.9. The molecule has 1 N–H and O–H groups in total. The lowest BCUT2D eigenvalue weighted by Gasteiger charge is -2.19. The zero-order chi connectivity index (χ0) is 20.9. The van der Waals surface area contributed by atoms with Crippen molar-refractivity contribution in [3.05, 3.63) is 113 Å². The Labute approximate surface area is 171 Å². The van der Waals surface area contributed by atoms with E-state index in [4.69, 9.17) is 0 Å². The predicted octanol–water partition coefficient (Wildman–Crippen LogP) is 3.09. The maximum atomic E-state index is 13.0. The minimum Gasteiger partial charge on any atom is -0.340 e. The minimum atomic E-state index is -0.554. The Hall–Kier alpha value is -4.40. The van der Waals surface area contributed by atoms with E-state index in [1.807, 2.05) is 42.5 Å². The van der Waals surface area contributed by atoms with Crippen LogP contribution in [-0.4, -0.2) is 30.6 Å². The second-order valence-electron chi connectivity index (χ2n) is 6.37. The van der Waals surface area contributed by atoms with Crippen molar-refractivity contribution >= 4 is 11.6 Å². The molecule has 0 aliphatic heterocycles. The highest BCUT2D eigenvalue weighted by Crippen LogP contribution is 2.25. The largest absolute Gasteiger partial charge is 0.340 e. The summed E-state index contributed by atoms with van der Waals surface area (Å²) in [5.41, 5.74) is 1.63. The lowest BCUT2D eigenvalue weighted by molar-refractivity contribution is -0.384. The van der Waals surface area contributed by atoms with E-state index in [-0.39, 0.29) is 16.9 Å². The average molecular weight is 400 g/mol. The van der Waals surface area contributed by atoms with Crippen molar-refractivity contribution in [1.82, 2.24) is 25.1 Å². The standard InChI is InChI=1S/C21H16N6O3/c28-21(16-9-10-18(19(12-16)27(29)30)26-14-22-13-24-26)25-20(15-6-2-1-3-7-15)17-8-4-5-11-23-17/h1-14,20H,(H,25,28). The monoisotopic (exact) mass is 400 g/mol. The fraction of sp³-hybridized carbons (Fsp3) is 0.0476. The Morgan fingerprint density at radius 2 is 1.87 bits per heavy atom. The summed E-state index contributed by atoms with van der Waals surface area (Å²) in [4.78, 5) is 32.1. The second-order valence-corrected chi connectivity index (χ2v) is 6.37. The van der Waals surface area contributed by atoms with E-state index in [2.05, 4.69) is 20.4 Å². The van der Waals surface area contributed by atoms with Gasteiger partial charge in [-0.2, -0.15) is 5.10 Å². The normalized spacial score (nSPS) is 11.6. The highest BCUT2D eigenvalue weighted by Gasteiger charge is 2.22. The Morgan fingerprint density at radius 1 is 1.07 bits per heavy atom. The maximum Gasteiger partial charge on any atom is 0.295 e. The number of nitro benzene ring substituents is 1. The van der Waals surface area contributed by atoms with E-state index in [9.17, 15) is 14.9 Å². The summed E-state index contributed by atoms with van der Waals surface area (Å²) in [7, 11) is 0. The van der Waals surface area contributed by atoms with Crippen LogP contribution in [0.3, 0.4) is 0 Å². The van der Waals surface area contributed by atoms with Gasteiger partial charge in [-0.15, -0.1) is 0 Å². The van der Waals surface area contributed by atoms with E-state index in [0.29, 0.717) is 5.69 Å². The number of pyridine rings is 1. The molecule has 0 spiro atoms. The molecule has 9 nitrogen and oxygen atoms in total. The second kappa shape index (κ2) is 8.31. The van der Waals surface area contributed by atoms with Gasteiger partial charge in [-0.25, -0.2) is 9.67 Å². The van der Waals surface area contributed by atoms with Gasteiger partial charge in [0.2, 0.25) is 0 Å². The third-order valence-corrected chi connectivity index (χ3v) is 4.49. The van der Waals surface area contributed by atoms with Crippen molar-refractivity contribution in [3.8, 4) is 5.69 Å². The van der Waals surface area contributed by atoms with Crippen LogP contribution in [0.1, 0.15) is 27.7 Å². The summed E-state index contributed by atoms with van der Waals surface area (Å²) < 4.78 is 1.28. The molecule has 9 heteroatoms. The number of hydrogen-bond donors (Lipinski definition) is 1. The van der Waals surface area contributed by atoms with E-state index in [1.54, 1.807) is 12.3 Å². The molecular weight excluding hydrogens is 384 g/mol. The number of nitrogens with zero attached hydrogens (tertiary/aromatic N) is 5. The van der Waals surface area contributed by atoms with Gasteiger partial charge in [-0.05, 0) is 29.8 Å². The molecule has 0 aliphatic carbocycles. The molecule has 1 atom stereocenters. The van der Waals surface area contributed by atoms with Crippen LogP contribution in [0.5, 0.6) is 0 Å². The van der Waals surface area contributed by atoms with Gasteiger partial charge < -0.3 is 5.32 Å². The van der Waals surface area contributed by atoms with Crippen molar-refractivity contribution in [3.63, 3.8) is 0 Å². The number of rotatable bonds is 6. The van der Waals surface area contributed by atoms with Crippen molar-refractivity contribution < 1.29 is 9.72 Å². The first-order valence-corrected chi connectivity index (χ1v) is 9.03. The van der Waals surface area contributed by atoms with Crippen LogP contribution < -0.4 is 5.32 Å². The third kappa shape index (κ3) is 3.90. The van der Waals surface area contributed by atoms with Crippen LogP contribution >= 0.6 is 0 Å². The molecule has 0 saturated carbocycles. The molecule has 2 aromatic carbocycles. The first-order valence-electron chi connectivity index (χ1n) is 9.03. The van der Waals surface area contributed by atoms with Gasteiger partial charge in [0.1, 0.15) is 18.3 Å².